The van der Waals surface area contributed by atoms with Crippen LogP contribution >= 0.6 is 11.8 Å². The van der Waals surface area contributed by atoms with E-state index in [9.17, 15) is 14.0 Å². The zero-order chi connectivity index (χ0) is 13.5. The van der Waals surface area contributed by atoms with E-state index in [0.717, 1.165) is 6.07 Å². The maximum atomic E-state index is 12.8. The molecule has 1 atom stereocenters. The molecule has 0 radical (unpaired) electrons. The summed E-state index contributed by atoms with van der Waals surface area (Å²) >= 11 is 1.48. The van der Waals surface area contributed by atoms with Gasteiger partial charge in [0.15, 0.2) is 0 Å². The Kier molecular flexibility index (Phi) is 5.57. The van der Waals surface area contributed by atoms with Gasteiger partial charge < -0.3 is 10.4 Å². The van der Waals surface area contributed by atoms with Crippen LogP contribution in [0.25, 0.3) is 0 Å². The van der Waals surface area contributed by atoms with Crippen molar-refractivity contribution in [1.29, 1.82) is 0 Å². The maximum Gasteiger partial charge on any atom is 0.326 e. The number of carbonyl (C=O) groups excluding carboxylic acids is 1. The van der Waals surface area contributed by atoms with Crippen molar-refractivity contribution in [3.05, 3.63) is 29.8 Å². The van der Waals surface area contributed by atoms with Crippen molar-refractivity contribution in [3.63, 3.8) is 0 Å². The molecule has 1 heterocycles. The Morgan fingerprint density at radius 3 is 2.83 bits per heavy atom. The van der Waals surface area contributed by atoms with Crippen LogP contribution < -0.4 is 5.32 Å². The number of hydrogen-bond donors (Lipinski definition) is 2. The first-order valence-corrected chi connectivity index (χ1v) is 6.59. The quantitative estimate of drug-likeness (QED) is 0.760. The normalized spacial score (nSPS) is 11.9. The summed E-state index contributed by atoms with van der Waals surface area (Å²) in [7, 11) is 0. The minimum Gasteiger partial charge on any atom is -0.480 e. The Morgan fingerprint density at radius 1 is 1.56 bits per heavy atom. The zero-order valence-corrected chi connectivity index (χ0v) is 10.5. The van der Waals surface area contributed by atoms with Crippen LogP contribution in [0.3, 0.4) is 0 Å². The number of hydrogen-bond acceptors (Lipinski definition) is 4. The Hall–Kier alpha value is -1.63. The van der Waals surface area contributed by atoms with Gasteiger partial charge in [0.25, 0.3) is 5.91 Å². The van der Waals surface area contributed by atoms with Gasteiger partial charge in [-0.15, -0.1) is 0 Å². The molecule has 0 spiro atoms. The second-order valence-corrected chi connectivity index (χ2v) is 4.48. The third-order valence-electron chi connectivity index (χ3n) is 2.16. The lowest BCUT2D eigenvalue weighted by atomic mass is 10.2. The monoisotopic (exact) mass is 272 g/mol. The number of carbonyl (C=O) groups is 2. The highest BCUT2D eigenvalue weighted by Gasteiger charge is 2.20. The highest BCUT2D eigenvalue weighted by Crippen LogP contribution is 2.03. The largest absolute Gasteiger partial charge is 0.480 e. The van der Waals surface area contributed by atoms with Gasteiger partial charge in [0, 0.05) is 0 Å². The van der Waals surface area contributed by atoms with E-state index in [0.29, 0.717) is 12.2 Å². The fourth-order valence-corrected chi connectivity index (χ4v) is 1.73. The minimum atomic E-state index is -1.12. The summed E-state index contributed by atoms with van der Waals surface area (Å²) in [6, 6.07) is 2.79. The summed E-state index contributed by atoms with van der Waals surface area (Å²) in [6.45, 7) is 0. The van der Waals surface area contributed by atoms with Gasteiger partial charge in [0.05, 0.1) is 0 Å². The van der Waals surface area contributed by atoms with Crippen LogP contribution in [0.1, 0.15) is 16.9 Å². The van der Waals surface area contributed by atoms with Crippen molar-refractivity contribution < 1.29 is 19.1 Å². The molecule has 0 saturated carbocycles. The van der Waals surface area contributed by atoms with Crippen molar-refractivity contribution in [2.24, 2.45) is 0 Å². The van der Waals surface area contributed by atoms with E-state index in [-0.39, 0.29) is 5.69 Å². The molecule has 2 N–H and O–H groups in total. The van der Waals surface area contributed by atoms with Crippen LogP contribution in [-0.2, 0) is 4.79 Å². The lowest BCUT2D eigenvalue weighted by molar-refractivity contribution is -0.139. The predicted molar refractivity (Wildman–Crippen MR) is 66.1 cm³/mol. The fraction of sp³-hybridized carbons (Fsp3) is 0.364. The number of rotatable bonds is 6. The number of carboxylic acids is 1. The first-order chi connectivity index (χ1) is 8.54. The van der Waals surface area contributed by atoms with Crippen LogP contribution in [0.5, 0.6) is 0 Å². The number of nitrogens with one attached hydrogen (secondary N) is 1. The van der Waals surface area contributed by atoms with Crippen molar-refractivity contribution in [3.8, 4) is 0 Å². The Labute approximate surface area is 108 Å². The van der Waals surface area contributed by atoms with Crippen LogP contribution in [0, 0.1) is 5.95 Å². The molecule has 5 nitrogen and oxygen atoms in total. The van der Waals surface area contributed by atoms with Gasteiger partial charge in [-0.2, -0.15) is 16.2 Å². The molecule has 0 fully saturated rings. The van der Waals surface area contributed by atoms with Gasteiger partial charge in [-0.3, -0.25) is 4.79 Å². The van der Waals surface area contributed by atoms with Crippen LogP contribution in [-0.4, -0.2) is 40.0 Å². The van der Waals surface area contributed by atoms with Crippen molar-refractivity contribution in [2.75, 3.05) is 12.0 Å². The molecule has 1 amide bonds. The van der Waals surface area contributed by atoms with E-state index < -0.39 is 23.9 Å². The molecule has 7 heteroatoms. The molecule has 0 saturated heterocycles. The lowest BCUT2D eigenvalue weighted by Crippen LogP contribution is -2.41. The number of thioether (sulfide) groups is 1. The molecule has 0 aliphatic carbocycles. The first-order valence-electron chi connectivity index (χ1n) is 5.19. The minimum absolute atomic E-state index is 0.134. The number of amides is 1. The molecule has 0 unspecified atom stereocenters. The summed E-state index contributed by atoms with van der Waals surface area (Å²) in [5.41, 5.74) is -0.134. The number of aromatic nitrogens is 1. The molecule has 18 heavy (non-hydrogen) atoms. The smallest absolute Gasteiger partial charge is 0.326 e. The summed E-state index contributed by atoms with van der Waals surface area (Å²) in [4.78, 5) is 26.0. The van der Waals surface area contributed by atoms with Crippen molar-refractivity contribution in [2.45, 2.75) is 12.5 Å². The molecule has 1 aromatic rings. The number of pyridine rings is 1. The number of nitrogens with zero attached hydrogens (tertiary/aromatic N) is 1. The molecule has 0 bridgehead atoms. The average Bonchev–Trinajstić information content (AvgIpc) is 2.33. The molecule has 0 aliphatic rings. The summed E-state index contributed by atoms with van der Waals surface area (Å²) in [5, 5.41) is 11.2. The number of halogens is 1. The highest BCUT2D eigenvalue weighted by molar-refractivity contribution is 7.98. The molecule has 0 aliphatic heterocycles. The summed E-state index contributed by atoms with van der Waals surface area (Å²) in [6.07, 6.45) is 2.15. The lowest BCUT2D eigenvalue weighted by Gasteiger charge is -2.13. The topological polar surface area (TPSA) is 79.3 Å². The SMILES string of the molecule is CSCC[C@H](NC(=O)c1cccc(F)n1)C(=O)O. The van der Waals surface area contributed by atoms with Crippen molar-refractivity contribution >= 4 is 23.6 Å². The Bertz CT molecular complexity index is 442. The predicted octanol–water partition coefficient (Wildman–Crippen LogP) is 1.16. The maximum absolute atomic E-state index is 12.8. The molecule has 1 rings (SSSR count). The number of aliphatic carboxylic acids is 1. The number of carboxylic acid groups (broad SMARTS) is 1. The zero-order valence-electron chi connectivity index (χ0n) is 9.72. The first kappa shape index (κ1) is 14.4. The van der Waals surface area contributed by atoms with E-state index >= 15 is 0 Å². The van der Waals surface area contributed by atoms with Gasteiger partial charge >= 0.3 is 5.97 Å². The van der Waals surface area contributed by atoms with Gasteiger partial charge in [-0.05, 0) is 30.6 Å². The summed E-state index contributed by atoms with van der Waals surface area (Å²) < 4.78 is 12.8. The van der Waals surface area contributed by atoms with Gasteiger partial charge in [0.2, 0.25) is 5.95 Å². The standard InChI is InChI=1S/C11H13FN2O3S/c1-18-6-5-8(11(16)17)14-10(15)7-3-2-4-9(12)13-7/h2-4,8H,5-6H2,1H3,(H,14,15)(H,16,17)/t8-/m0/s1. The van der Waals surface area contributed by atoms with E-state index in [4.69, 9.17) is 5.11 Å². The third-order valence-corrected chi connectivity index (χ3v) is 2.81. The van der Waals surface area contributed by atoms with Crippen LogP contribution in [0.4, 0.5) is 4.39 Å². The molecule has 0 aromatic carbocycles. The van der Waals surface area contributed by atoms with Gasteiger partial charge in [0.1, 0.15) is 11.7 Å². The second kappa shape index (κ2) is 6.95. The Morgan fingerprint density at radius 2 is 2.28 bits per heavy atom. The highest BCUT2D eigenvalue weighted by atomic mass is 32.2. The fourth-order valence-electron chi connectivity index (χ4n) is 1.26. The van der Waals surface area contributed by atoms with Crippen molar-refractivity contribution in [1.82, 2.24) is 10.3 Å². The molecule has 1 aromatic heterocycles. The van der Waals surface area contributed by atoms with Crippen LogP contribution in [0.2, 0.25) is 0 Å². The molecular formula is C11H13FN2O3S. The molecule has 98 valence electrons. The van der Waals surface area contributed by atoms with E-state index in [1.165, 1.54) is 23.9 Å². The van der Waals surface area contributed by atoms with E-state index in [2.05, 4.69) is 10.3 Å². The molecular weight excluding hydrogens is 259 g/mol. The van der Waals surface area contributed by atoms with E-state index in [1.54, 1.807) is 0 Å². The third kappa shape index (κ3) is 4.33. The van der Waals surface area contributed by atoms with E-state index in [1.807, 2.05) is 6.26 Å². The summed E-state index contributed by atoms with van der Waals surface area (Å²) in [5.74, 6) is -1.98. The average molecular weight is 272 g/mol. The van der Waals surface area contributed by atoms with Crippen LogP contribution in [0.15, 0.2) is 18.2 Å². The van der Waals surface area contributed by atoms with Gasteiger partial charge in [-0.1, -0.05) is 6.07 Å². The second-order valence-electron chi connectivity index (χ2n) is 3.49. The Balaban J connectivity index is 2.69. The van der Waals surface area contributed by atoms with Gasteiger partial charge in [-0.25, -0.2) is 9.78 Å².